The van der Waals surface area contributed by atoms with E-state index in [-0.39, 0.29) is 18.1 Å². The van der Waals surface area contributed by atoms with Crippen LogP contribution in [0.2, 0.25) is 0 Å². The number of carbonyl (C=O) groups excluding carboxylic acids is 1. The summed E-state index contributed by atoms with van der Waals surface area (Å²) < 4.78 is 63.9. The minimum Gasteiger partial charge on any atom is -0.330 e. The van der Waals surface area contributed by atoms with Crippen molar-refractivity contribution in [3.8, 4) is 0 Å². The Labute approximate surface area is 156 Å². The number of aromatic amines is 1. The Balaban J connectivity index is 1.72. The smallest absolute Gasteiger partial charge is 0.330 e. The number of aromatic nitrogens is 2. The molecule has 1 atom stereocenters. The summed E-state index contributed by atoms with van der Waals surface area (Å²) in [4.78, 5) is 31.6. The molecule has 3 rings (SSSR count). The van der Waals surface area contributed by atoms with Crippen molar-refractivity contribution in [2.24, 2.45) is 0 Å². The number of H-pyrrole nitrogens is 1. The molecule has 150 valence electrons. The molecule has 0 unspecified atom stereocenters. The lowest BCUT2D eigenvalue weighted by atomic mass is 9.94. The minimum absolute atomic E-state index is 0.0998. The first-order valence-electron chi connectivity index (χ1n) is 8.39. The van der Waals surface area contributed by atoms with Crippen LogP contribution in [0.1, 0.15) is 40.9 Å². The monoisotopic (exact) mass is 401 g/mol. The molecule has 2 aromatic rings. The van der Waals surface area contributed by atoms with Gasteiger partial charge in [-0.3, -0.25) is 14.6 Å². The molecule has 5 nitrogen and oxygen atoms in total. The lowest BCUT2D eigenvalue weighted by Gasteiger charge is -2.38. The number of nitrogens with zero attached hydrogens (tertiary/aromatic N) is 2. The maximum Gasteiger partial charge on any atom is 0.416 e. The van der Waals surface area contributed by atoms with Crippen molar-refractivity contribution in [3.63, 3.8) is 0 Å². The summed E-state index contributed by atoms with van der Waals surface area (Å²) in [6, 6.07) is 5.43. The summed E-state index contributed by atoms with van der Waals surface area (Å²) in [6.07, 6.45) is -4.55. The van der Waals surface area contributed by atoms with E-state index in [1.807, 2.05) is 0 Å². The molecule has 1 N–H and O–H groups in total. The molecule has 0 amide bonds. The van der Waals surface area contributed by atoms with Gasteiger partial charge in [0.25, 0.3) is 11.5 Å². The number of anilines is 1. The Morgan fingerprint density at radius 2 is 1.86 bits per heavy atom. The van der Waals surface area contributed by atoms with Gasteiger partial charge in [0.05, 0.1) is 18.7 Å². The molecule has 2 heterocycles. The minimum atomic E-state index is -4.45. The van der Waals surface area contributed by atoms with Crippen molar-refractivity contribution in [3.05, 3.63) is 57.5 Å². The van der Waals surface area contributed by atoms with Crippen molar-refractivity contribution in [2.45, 2.75) is 31.4 Å². The molecule has 1 aromatic carbocycles. The van der Waals surface area contributed by atoms with E-state index in [0.717, 1.165) is 23.1 Å². The SMILES string of the molecule is C[C@@H](CC(=O)c1cc(=O)[nH]c(N2CC(F)(F)C2)n1)c1ccc(C(F)(F)F)cc1. The fourth-order valence-electron chi connectivity index (χ4n) is 2.90. The molecule has 1 aliphatic heterocycles. The van der Waals surface area contributed by atoms with Crippen LogP contribution in [0.4, 0.5) is 27.9 Å². The van der Waals surface area contributed by atoms with E-state index in [2.05, 4.69) is 9.97 Å². The standard InChI is InChI=1S/C18H16F5N3O2/c1-10(11-2-4-12(5-3-11)18(21,22)23)6-14(27)13-7-15(28)25-16(24-13)26-8-17(19,20)9-26/h2-5,7,10H,6,8-9H2,1H3,(H,24,25,28)/t10-/m0/s1. The van der Waals surface area contributed by atoms with Crippen LogP contribution in [-0.2, 0) is 6.18 Å². The van der Waals surface area contributed by atoms with Crippen molar-refractivity contribution < 1.29 is 26.7 Å². The van der Waals surface area contributed by atoms with Gasteiger partial charge in [-0.1, -0.05) is 19.1 Å². The van der Waals surface area contributed by atoms with E-state index < -0.39 is 48.0 Å². The lowest BCUT2D eigenvalue weighted by Crippen LogP contribution is -2.57. The maximum atomic E-state index is 13.0. The van der Waals surface area contributed by atoms with E-state index in [4.69, 9.17) is 0 Å². The summed E-state index contributed by atoms with van der Waals surface area (Å²) in [7, 11) is 0. The number of nitrogens with one attached hydrogen (secondary N) is 1. The Kier molecular flexibility index (Phi) is 4.99. The van der Waals surface area contributed by atoms with Crippen LogP contribution in [0, 0.1) is 0 Å². The number of alkyl halides is 5. The van der Waals surface area contributed by atoms with E-state index in [1.54, 1.807) is 6.92 Å². The first-order chi connectivity index (χ1) is 12.9. The molecule has 1 fully saturated rings. The molecular weight excluding hydrogens is 385 g/mol. The van der Waals surface area contributed by atoms with Gasteiger partial charge in [0.1, 0.15) is 5.69 Å². The highest BCUT2D eigenvalue weighted by Gasteiger charge is 2.45. The lowest BCUT2D eigenvalue weighted by molar-refractivity contribution is -0.137. The average Bonchev–Trinajstić information content (AvgIpc) is 2.58. The van der Waals surface area contributed by atoms with E-state index in [9.17, 15) is 31.5 Å². The number of ketones is 1. The normalized spacial score (nSPS) is 17.1. The van der Waals surface area contributed by atoms with Crippen molar-refractivity contribution in [2.75, 3.05) is 18.0 Å². The summed E-state index contributed by atoms with van der Waals surface area (Å²) in [6.45, 7) is 0.454. The Bertz CT molecular complexity index is 929. The molecule has 1 saturated heterocycles. The second-order valence-corrected chi connectivity index (χ2v) is 6.81. The van der Waals surface area contributed by atoms with Crippen molar-refractivity contribution >= 4 is 11.7 Å². The topological polar surface area (TPSA) is 66.1 Å². The molecule has 1 aromatic heterocycles. The van der Waals surface area contributed by atoms with Crippen molar-refractivity contribution in [1.29, 1.82) is 0 Å². The zero-order chi connectivity index (χ0) is 20.7. The molecule has 0 spiro atoms. The second-order valence-electron chi connectivity index (χ2n) is 6.81. The average molecular weight is 401 g/mol. The zero-order valence-electron chi connectivity index (χ0n) is 14.7. The van der Waals surface area contributed by atoms with E-state index in [0.29, 0.717) is 5.56 Å². The highest BCUT2D eigenvalue weighted by molar-refractivity contribution is 5.94. The maximum absolute atomic E-state index is 13.0. The number of benzene rings is 1. The van der Waals surface area contributed by atoms with Crippen LogP contribution in [0.3, 0.4) is 0 Å². The zero-order valence-corrected chi connectivity index (χ0v) is 14.7. The van der Waals surface area contributed by atoms with Gasteiger partial charge in [-0.05, 0) is 23.6 Å². The molecular formula is C18H16F5N3O2. The predicted molar refractivity (Wildman–Crippen MR) is 90.8 cm³/mol. The van der Waals surface area contributed by atoms with Crippen LogP contribution < -0.4 is 10.5 Å². The predicted octanol–water partition coefficient (Wildman–Crippen LogP) is 3.62. The Hall–Kier alpha value is -2.78. The molecule has 28 heavy (non-hydrogen) atoms. The fourth-order valence-corrected chi connectivity index (χ4v) is 2.90. The third-order valence-electron chi connectivity index (χ3n) is 4.46. The van der Waals surface area contributed by atoms with Crippen LogP contribution in [-0.4, -0.2) is 34.8 Å². The Morgan fingerprint density at radius 3 is 2.39 bits per heavy atom. The van der Waals surface area contributed by atoms with E-state index in [1.165, 1.54) is 12.1 Å². The summed E-state index contributed by atoms with van der Waals surface area (Å²) in [5.41, 5.74) is -1.09. The Morgan fingerprint density at radius 1 is 1.25 bits per heavy atom. The molecule has 0 radical (unpaired) electrons. The fraction of sp³-hybridized carbons (Fsp3) is 0.389. The largest absolute Gasteiger partial charge is 0.416 e. The first kappa shape index (κ1) is 20.0. The van der Waals surface area contributed by atoms with Crippen molar-refractivity contribution in [1.82, 2.24) is 9.97 Å². The quantitative estimate of drug-likeness (QED) is 0.614. The third-order valence-corrected chi connectivity index (χ3v) is 4.46. The van der Waals surface area contributed by atoms with Gasteiger partial charge in [-0.25, -0.2) is 13.8 Å². The van der Waals surface area contributed by atoms with Gasteiger partial charge >= 0.3 is 6.18 Å². The molecule has 10 heteroatoms. The van der Waals surface area contributed by atoms with Crippen LogP contribution >= 0.6 is 0 Å². The number of rotatable bonds is 5. The van der Waals surface area contributed by atoms with Gasteiger partial charge in [0.15, 0.2) is 5.78 Å². The van der Waals surface area contributed by atoms with E-state index >= 15 is 0 Å². The van der Waals surface area contributed by atoms with Crippen LogP contribution in [0.5, 0.6) is 0 Å². The second kappa shape index (κ2) is 6.99. The highest BCUT2D eigenvalue weighted by atomic mass is 19.4. The van der Waals surface area contributed by atoms with Crippen LogP contribution in [0.25, 0.3) is 0 Å². The van der Waals surface area contributed by atoms with Crippen LogP contribution in [0.15, 0.2) is 35.1 Å². The highest BCUT2D eigenvalue weighted by Crippen LogP contribution is 2.31. The number of hydrogen-bond acceptors (Lipinski definition) is 4. The summed E-state index contributed by atoms with van der Waals surface area (Å²) in [5.74, 6) is -3.90. The number of Topliss-reactive ketones (excluding diaryl/α,β-unsaturated/α-hetero) is 1. The molecule has 0 aliphatic carbocycles. The first-order valence-corrected chi connectivity index (χ1v) is 8.39. The molecule has 0 saturated carbocycles. The van der Waals surface area contributed by atoms with Gasteiger partial charge in [-0.15, -0.1) is 0 Å². The van der Waals surface area contributed by atoms with Gasteiger partial charge in [0, 0.05) is 12.5 Å². The van der Waals surface area contributed by atoms with Gasteiger partial charge in [0.2, 0.25) is 5.95 Å². The van der Waals surface area contributed by atoms with Gasteiger partial charge in [-0.2, -0.15) is 13.2 Å². The number of carbonyl (C=O) groups is 1. The molecule has 1 aliphatic rings. The third kappa shape index (κ3) is 4.37. The van der Waals surface area contributed by atoms with Gasteiger partial charge < -0.3 is 4.90 Å². The molecule has 0 bridgehead atoms. The summed E-state index contributed by atoms with van der Waals surface area (Å²) in [5, 5.41) is 0. The summed E-state index contributed by atoms with van der Waals surface area (Å²) >= 11 is 0. The number of hydrogen-bond donors (Lipinski definition) is 1. The number of halogens is 5.